The molecule has 116 valence electrons. The molecule has 0 unspecified atom stereocenters. The van der Waals surface area contributed by atoms with E-state index in [0.29, 0.717) is 0 Å². The molecule has 1 fully saturated rings. The van der Waals surface area contributed by atoms with Crippen molar-refractivity contribution in [1.29, 1.82) is 0 Å². The van der Waals surface area contributed by atoms with E-state index in [-0.39, 0.29) is 6.61 Å². The van der Waals surface area contributed by atoms with Crippen LogP contribution in [0.3, 0.4) is 0 Å². The quantitative estimate of drug-likeness (QED) is 0.792. The van der Waals surface area contributed by atoms with E-state index in [1.165, 1.54) is 6.92 Å². The fourth-order valence-corrected chi connectivity index (χ4v) is 2.22. The Morgan fingerprint density at radius 2 is 1.90 bits per heavy atom. The topological polar surface area (TPSA) is 85.2 Å². The second kappa shape index (κ2) is 7.00. The summed E-state index contributed by atoms with van der Waals surface area (Å²) in [6, 6.07) is 9.43. The molecule has 2 rings (SSSR count). The minimum Gasteiger partial charge on any atom is -0.457 e. The zero-order chi connectivity index (χ0) is 15.4. The average molecular weight is 296 g/mol. The van der Waals surface area contributed by atoms with Gasteiger partial charge in [0.2, 0.25) is 0 Å². The van der Waals surface area contributed by atoms with E-state index in [2.05, 4.69) is 0 Å². The van der Waals surface area contributed by atoms with Crippen LogP contribution in [0.25, 0.3) is 0 Å². The van der Waals surface area contributed by atoms with Crippen LogP contribution in [0.15, 0.2) is 30.3 Å². The molecular weight excluding hydrogens is 276 g/mol. The van der Waals surface area contributed by atoms with Crippen molar-refractivity contribution in [2.75, 3.05) is 0 Å². The number of rotatable bonds is 4. The van der Waals surface area contributed by atoms with Crippen LogP contribution in [0.2, 0.25) is 0 Å². The fourth-order valence-electron chi connectivity index (χ4n) is 2.22. The lowest BCUT2D eigenvalue weighted by atomic mass is 9.99. The Labute approximate surface area is 123 Å². The van der Waals surface area contributed by atoms with Gasteiger partial charge >= 0.3 is 5.97 Å². The van der Waals surface area contributed by atoms with E-state index in [4.69, 9.17) is 14.2 Å². The highest BCUT2D eigenvalue weighted by Gasteiger charge is 2.45. The van der Waals surface area contributed by atoms with Gasteiger partial charge in [-0.3, -0.25) is 4.79 Å². The van der Waals surface area contributed by atoms with Gasteiger partial charge in [0, 0.05) is 6.92 Å². The molecule has 0 amide bonds. The molecule has 1 aromatic carbocycles. The van der Waals surface area contributed by atoms with Crippen LogP contribution < -0.4 is 0 Å². The Kier molecular flexibility index (Phi) is 5.30. The van der Waals surface area contributed by atoms with Crippen molar-refractivity contribution in [3.63, 3.8) is 0 Å². The van der Waals surface area contributed by atoms with Gasteiger partial charge in [-0.1, -0.05) is 30.3 Å². The van der Waals surface area contributed by atoms with Crippen LogP contribution in [-0.2, 0) is 25.6 Å². The first-order chi connectivity index (χ1) is 9.99. The third-order valence-electron chi connectivity index (χ3n) is 3.34. The summed E-state index contributed by atoms with van der Waals surface area (Å²) in [5, 5.41) is 20.1. The predicted molar refractivity (Wildman–Crippen MR) is 73.1 cm³/mol. The van der Waals surface area contributed by atoms with Crippen molar-refractivity contribution in [2.24, 2.45) is 0 Å². The lowest BCUT2D eigenvalue weighted by Crippen LogP contribution is -2.58. The molecule has 1 saturated heterocycles. The summed E-state index contributed by atoms with van der Waals surface area (Å²) in [6.07, 6.45) is -4.98. The van der Waals surface area contributed by atoms with Gasteiger partial charge in [-0.05, 0) is 12.5 Å². The van der Waals surface area contributed by atoms with E-state index in [1.807, 2.05) is 30.3 Å². The van der Waals surface area contributed by atoms with Gasteiger partial charge in [0.25, 0.3) is 0 Å². The number of hydrogen-bond donors (Lipinski definition) is 2. The molecule has 0 aromatic heterocycles. The first-order valence-electron chi connectivity index (χ1n) is 6.83. The number of hydrogen-bond acceptors (Lipinski definition) is 6. The number of benzene rings is 1. The van der Waals surface area contributed by atoms with Crippen LogP contribution >= 0.6 is 0 Å². The van der Waals surface area contributed by atoms with Crippen LogP contribution in [0, 0.1) is 0 Å². The van der Waals surface area contributed by atoms with Crippen LogP contribution in [0.1, 0.15) is 19.4 Å². The molecule has 1 aliphatic rings. The maximum absolute atomic E-state index is 11.1. The van der Waals surface area contributed by atoms with Gasteiger partial charge in [-0.15, -0.1) is 0 Å². The van der Waals surface area contributed by atoms with E-state index < -0.39 is 36.7 Å². The van der Waals surface area contributed by atoms with E-state index in [0.717, 1.165) is 5.56 Å². The summed E-state index contributed by atoms with van der Waals surface area (Å²) in [6.45, 7) is 3.10. The average Bonchev–Trinajstić information content (AvgIpc) is 2.47. The van der Waals surface area contributed by atoms with Crippen LogP contribution in [0.4, 0.5) is 0 Å². The van der Waals surface area contributed by atoms with Gasteiger partial charge < -0.3 is 24.4 Å². The smallest absolute Gasteiger partial charge is 0.303 e. The molecule has 0 aliphatic carbocycles. The standard InChI is InChI=1S/C15H20O6/c1-9-12(17)14(21-10(2)16)13(18)15(20-9)19-8-11-6-4-3-5-7-11/h3-7,9,12-15,17-18H,8H2,1-2H3/t9-,12-,13-,14+,15+/m1/s1. The second-order valence-corrected chi connectivity index (χ2v) is 5.06. The molecule has 1 aromatic rings. The van der Waals surface area contributed by atoms with Crippen molar-refractivity contribution < 1.29 is 29.2 Å². The molecule has 6 nitrogen and oxygen atoms in total. The minimum absolute atomic E-state index is 0.248. The zero-order valence-corrected chi connectivity index (χ0v) is 12.0. The van der Waals surface area contributed by atoms with Crippen molar-refractivity contribution in [2.45, 2.75) is 51.2 Å². The number of carbonyl (C=O) groups is 1. The molecule has 5 atom stereocenters. The Morgan fingerprint density at radius 3 is 2.52 bits per heavy atom. The van der Waals surface area contributed by atoms with Crippen molar-refractivity contribution >= 4 is 5.97 Å². The van der Waals surface area contributed by atoms with Gasteiger partial charge in [-0.25, -0.2) is 0 Å². The van der Waals surface area contributed by atoms with Crippen molar-refractivity contribution in [1.82, 2.24) is 0 Å². The maximum Gasteiger partial charge on any atom is 0.303 e. The van der Waals surface area contributed by atoms with E-state index >= 15 is 0 Å². The number of carbonyl (C=O) groups excluding carboxylic acids is 1. The number of esters is 1. The molecule has 2 N–H and O–H groups in total. The first-order valence-corrected chi connectivity index (χ1v) is 6.83. The lowest BCUT2D eigenvalue weighted by Gasteiger charge is -2.40. The van der Waals surface area contributed by atoms with Gasteiger partial charge in [0.05, 0.1) is 12.7 Å². The lowest BCUT2D eigenvalue weighted by molar-refractivity contribution is -0.298. The normalized spacial score (nSPS) is 32.7. The first kappa shape index (κ1) is 15.9. The Hall–Kier alpha value is -1.47. The van der Waals surface area contributed by atoms with E-state index in [9.17, 15) is 15.0 Å². The van der Waals surface area contributed by atoms with Crippen LogP contribution in [0.5, 0.6) is 0 Å². The third kappa shape index (κ3) is 4.01. The highest BCUT2D eigenvalue weighted by molar-refractivity contribution is 5.66. The summed E-state index contributed by atoms with van der Waals surface area (Å²) in [5.74, 6) is -0.575. The highest BCUT2D eigenvalue weighted by Crippen LogP contribution is 2.25. The third-order valence-corrected chi connectivity index (χ3v) is 3.34. The summed E-state index contributed by atoms with van der Waals surface area (Å²) >= 11 is 0. The number of aliphatic hydroxyl groups is 2. The molecular formula is C15H20O6. The fraction of sp³-hybridized carbons (Fsp3) is 0.533. The Bertz CT molecular complexity index is 462. The Balaban J connectivity index is 2.00. The number of aliphatic hydroxyl groups excluding tert-OH is 2. The molecule has 1 heterocycles. The summed E-state index contributed by atoms with van der Waals surface area (Å²) in [5.41, 5.74) is 0.927. The van der Waals surface area contributed by atoms with Gasteiger partial charge in [-0.2, -0.15) is 0 Å². The van der Waals surface area contributed by atoms with Crippen molar-refractivity contribution in [3.05, 3.63) is 35.9 Å². The molecule has 21 heavy (non-hydrogen) atoms. The van der Waals surface area contributed by atoms with Crippen LogP contribution in [-0.4, -0.2) is 46.9 Å². The molecule has 6 heteroatoms. The molecule has 0 spiro atoms. The summed E-state index contributed by atoms with van der Waals surface area (Å²) < 4.78 is 15.9. The SMILES string of the molecule is CC(=O)O[C@@H]1[C@@H](O)[C@@H](OCc2ccccc2)O[C@H](C)[C@H]1O. The predicted octanol–water partition coefficient (Wildman–Crippen LogP) is 0.601. The number of ether oxygens (including phenoxy) is 3. The molecule has 1 aliphatic heterocycles. The van der Waals surface area contributed by atoms with Crippen molar-refractivity contribution in [3.8, 4) is 0 Å². The molecule has 0 radical (unpaired) electrons. The monoisotopic (exact) mass is 296 g/mol. The zero-order valence-electron chi connectivity index (χ0n) is 12.0. The Morgan fingerprint density at radius 1 is 1.24 bits per heavy atom. The summed E-state index contributed by atoms with van der Waals surface area (Å²) in [7, 11) is 0. The van der Waals surface area contributed by atoms with Gasteiger partial charge in [0.15, 0.2) is 12.4 Å². The van der Waals surface area contributed by atoms with Gasteiger partial charge in [0.1, 0.15) is 12.2 Å². The minimum atomic E-state index is -1.25. The molecule has 0 saturated carbocycles. The van der Waals surface area contributed by atoms with E-state index in [1.54, 1.807) is 6.92 Å². The highest BCUT2D eigenvalue weighted by atomic mass is 16.7. The molecule has 0 bridgehead atoms. The largest absolute Gasteiger partial charge is 0.457 e. The second-order valence-electron chi connectivity index (χ2n) is 5.06. The maximum atomic E-state index is 11.1. The summed E-state index contributed by atoms with van der Waals surface area (Å²) in [4.78, 5) is 11.1.